The van der Waals surface area contributed by atoms with Gasteiger partial charge >= 0.3 is 5.97 Å². The van der Waals surface area contributed by atoms with Crippen LogP contribution in [0.4, 0.5) is 21.6 Å². The number of anilines is 3. The molecule has 7 N–H and O–H groups in total. The Balaban J connectivity index is 0.000000304. The number of pyridine rings is 1. The molecule has 0 fully saturated rings. The summed E-state index contributed by atoms with van der Waals surface area (Å²) in [4.78, 5) is 30.0. The molecule has 0 saturated heterocycles. The van der Waals surface area contributed by atoms with Crippen molar-refractivity contribution in [3.63, 3.8) is 0 Å². The topological polar surface area (TPSA) is 147 Å². The monoisotopic (exact) mass is 439 g/mol. The summed E-state index contributed by atoms with van der Waals surface area (Å²) in [5.41, 5.74) is 14.2. The van der Waals surface area contributed by atoms with Crippen LogP contribution in [0.25, 0.3) is 11.6 Å². The van der Waals surface area contributed by atoms with E-state index in [0.29, 0.717) is 45.3 Å². The third-order valence-electron chi connectivity index (χ3n) is 4.61. The van der Waals surface area contributed by atoms with Gasteiger partial charge in [0.2, 0.25) is 0 Å². The van der Waals surface area contributed by atoms with E-state index in [1.54, 1.807) is 38.3 Å². The maximum Gasteiger partial charge on any atom is 0.337 e. The van der Waals surface area contributed by atoms with Crippen molar-refractivity contribution in [1.82, 2.24) is 9.97 Å². The van der Waals surface area contributed by atoms with Gasteiger partial charge in [-0.1, -0.05) is 13.8 Å². The van der Waals surface area contributed by atoms with Crippen LogP contribution in [0.3, 0.4) is 0 Å². The maximum absolute atomic E-state index is 13.4. The van der Waals surface area contributed by atoms with Crippen molar-refractivity contribution in [3.05, 3.63) is 70.4 Å². The van der Waals surface area contributed by atoms with Gasteiger partial charge in [-0.15, -0.1) is 0 Å². The molecule has 0 bridgehead atoms. The second-order valence-electron chi connectivity index (χ2n) is 6.65. The first-order valence-corrected chi connectivity index (χ1v) is 9.90. The Morgan fingerprint density at radius 3 is 2.41 bits per heavy atom. The smallest absolute Gasteiger partial charge is 0.337 e. The van der Waals surface area contributed by atoms with Gasteiger partial charge in [-0.2, -0.15) is 0 Å². The Bertz CT molecular complexity index is 1160. The van der Waals surface area contributed by atoms with Crippen LogP contribution in [0.1, 0.15) is 46.7 Å². The normalized spacial score (nSPS) is 12.8. The Morgan fingerprint density at radius 1 is 1.19 bits per heavy atom. The van der Waals surface area contributed by atoms with Crippen molar-refractivity contribution in [3.8, 4) is 0 Å². The lowest BCUT2D eigenvalue weighted by atomic mass is 10.0. The van der Waals surface area contributed by atoms with E-state index >= 15 is 0 Å². The molecule has 1 aliphatic rings. The molecule has 0 atom stereocenters. The summed E-state index contributed by atoms with van der Waals surface area (Å²) in [7, 11) is 0. The standard InChI is InChI=1S/C16H13FN2O3.C5H7N3.C2H6/c1-7-13(18-8(2)14(7)16(21)22)6-11-10-5-9(17)3-4-12(10)19-15(11)20;6-4-2-1-3-8-5(4)7;1-2/h3-6,18H,1-2H3,(H,19,20)(H,21,22);1-3H,6H2,(H2,7,8);1-2H3/b11-6-;;. The van der Waals surface area contributed by atoms with Crippen LogP contribution in [-0.4, -0.2) is 27.0 Å². The molecule has 0 unspecified atom stereocenters. The predicted molar refractivity (Wildman–Crippen MR) is 125 cm³/mol. The van der Waals surface area contributed by atoms with Gasteiger partial charge in [0.15, 0.2) is 0 Å². The first-order valence-electron chi connectivity index (χ1n) is 9.90. The summed E-state index contributed by atoms with van der Waals surface area (Å²) in [6.07, 6.45) is 3.15. The van der Waals surface area contributed by atoms with Gasteiger partial charge in [-0.25, -0.2) is 14.2 Å². The zero-order valence-electron chi connectivity index (χ0n) is 18.3. The van der Waals surface area contributed by atoms with Gasteiger partial charge in [0, 0.05) is 28.8 Å². The number of aromatic carboxylic acids is 1. The van der Waals surface area contributed by atoms with Crippen molar-refractivity contribution in [2.45, 2.75) is 27.7 Å². The number of carboxylic acids is 1. The Labute approximate surface area is 185 Å². The van der Waals surface area contributed by atoms with E-state index in [1.165, 1.54) is 18.2 Å². The van der Waals surface area contributed by atoms with Crippen molar-refractivity contribution in [1.29, 1.82) is 0 Å². The highest BCUT2D eigenvalue weighted by Gasteiger charge is 2.26. The number of fused-ring (bicyclic) bond motifs is 1. The fourth-order valence-electron chi connectivity index (χ4n) is 3.12. The van der Waals surface area contributed by atoms with Gasteiger partial charge in [0.1, 0.15) is 11.6 Å². The molecular weight excluding hydrogens is 413 g/mol. The fourth-order valence-corrected chi connectivity index (χ4v) is 3.12. The van der Waals surface area contributed by atoms with Crippen molar-refractivity contribution in [2.24, 2.45) is 0 Å². The molecule has 9 heteroatoms. The number of nitrogens with one attached hydrogen (secondary N) is 2. The molecule has 2 aromatic heterocycles. The van der Waals surface area contributed by atoms with E-state index in [0.717, 1.165) is 0 Å². The number of hydrogen-bond acceptors (Lipinski definition) is 5. The summed E-state index contributed by atoms with van der Waals surface area (Å²) in [5.74, 6) is -1.42. The van der Waals surface area contributed by atoms with Crippen molar-refractivity contribution in [2.75, 3.05) is 16.8 Å². The molecule has 1 amide bonds. The first kappa shape index (κ1) is 24.1. The van der Waals surface area contributed by atoms with Crippen LogP contribution in [0, 0.1) is 19.7 Å². The molecule has 3 aromatic rings. The molecule has 0 spiro atoms. The highest BCUT2D eigenvalue weighted by molar-refractivity contribution is 6.34. The largest absolute Gasteiger partial charge is 0.478 e. The van der Waals surface area contributed by atoms with E-state index in [2.05, 4.69) is 15.3 Å². The average Bonchev–Trinajstić information content (AvgIpc) is 3.21. The van der Waals surface area contributed by atoms with Gasteiger partial charge in [-0.05, 0) is 55.8 Å². The number of aromatic amines is 1. The van der Waals surface area contributed by atoms with Gasteiger partial charge in [-0.3, -0.25) is 4.79 Å². The fraction of sp³-hybridized carbons (Fsp3) is 0.174. The second kappa shape index (κ2) is 10.3. The number of nitrogens with two attached hydrogens (primary N) is 2. The maximum atomic E-state index is 13.4. The lowest BCUT2D eigenvalue weighted by Crippen LogP contribution is -2.03. The molecule has 4 rings (SSSR count). The third-order valence-corrected chi connectivity index (χ3v) is 4.61. The number of carbonyl (C=O) groups excluding carboxylic acids is 1. The van der Waals surface area contributed by atoms with E-state index < -0.39 is 11.8 Å². The summed E-state index contributed by atoms with van der Waals surface area (Å²) in [6, 6.07) is 7.50. The molecule has 1 aliphatic heterocycles. The summed E-state index contributed by atoms with van der Waals surface area (Å²) >= 11 is 0. The minimum Gasteiger partial charge on any atom is -0.478 e. The van der Waals surface area contributed by atoms with Gasteiger partial charge in [0.05, 0.1) is 16.8 Å². The lowest BCUT2D eigenvalue weighted by molar-refractivity contribution is -0.110. The highest BCUT2D eigenvalue weighted by Crippen LogP contribution is 2.34. The quantitative estimate of drug-likeness (QED) is 0.377. The summed E-state index contributed by atoms with van der Waals surface area (Å²) in [6.45, 7) is 7.32. The molecule has 168 valence electrons. The average molecular weight is 439 g/mol. The van der Waals surface area contributed by atoms with E-state index in [4.69, 9.17) is 11.5 Å². The van der Waals surface area contributed by atoms with Crippen LogP contribution in [0.15, 0.2) is 36.5 Å². The molecule has 1 aromatic carbocycles. The van der Waals surface area contributed by atoms with Crippen LogP contribution in [0.2, 0.25) is 0 Å². The lowest BCUT2D eigenvalue weighted by Gasteiger charge is -1.99. The number of nitrogen functional groups attached to an aromatic ring is 2. The second-order valence-corrected chi connectivity index (χ2v) is 6.65. The number of amides is 1. The third kappa shape index (κ3) is 5.12. The Hall–Kier alpha value is -4.14. The number of aromatic nitrogens is 2. The molecule has 0 saturated carbocycles. The zero-order valence-corrected chi connectivity index (χ0v) is 18.3. The molecule has 8 nitrogen and oxygen atoms in total. The predicted octanol–water partition coefficient (Wildman–Crippen LogP) is 4.23. The minimum atomic E-state index is -1.03. The Kier molecular flexibility index (Phi) is 7.73. The number of carboxylic acid groups (broad SMARTS) is 1. The molecule has 0 radical (unpaired) electrons. The van der Waals surface area contributed by atoms with Crippen LogP contribution in [-0.2, 0) is 4.79 Å². The SMILES string of the molecule is CC.Cc1[nH]c(/C=C2\C(=O)Nc3ccc(F)cc32)c(C)c1C(=O)O.Nc1cccnc1N. The van der Waals surface area contributed by atoms with E-state index in [9.17, 15) is 19.1 Å². The number of carbonyl (C=O) groups is 2. The number of aryl methyl sites for hydroxylation is 1. The van der Waals surface area contributed by atoms with Crippen LogP contribution >= 0.6 is 0 Å². The first-order chi connectivity index (χ1) is 15.2. The van der Waals surface area contributed by atoms with Gasteiger partial charge in [0.25, 0.3) is 5.91 Å². The van der Waals surface area contributed by atoms with Crippen LogP contribution < -0.4 is 16.8 Å². The summed E-state index contributed by atoms with van der Waals surface area (Å²) < 4.78 is 13.4. The number of hydrogen-bond donors (Lipinski definition) is 5. The summed E-state index contributed by atoms with van der Waals surface area (Å²) in [5, 5.41) is 11.9. The molecular formula is C23H26FN5O3. The highest BCUT2D eigenvalue weighted by atomic mass is 19.1. The molecule has 32 heavy (non-hydrogen) atoms. The number of benzene rings is 1. The van der Waals surface area contributed by atoms with Gasteiger partial charge < -0.3 is 26.9 Å². The Morgan fingerprint density at radius 2 is 1.88 bits per heavy atom. The molecule has 3 heterocycles. The van der Waals surface area contributed by atoms with Crippen molar-refractivity contribution >= 4 is 40.7 Å². The van der Waals surface area contributed by atoms with E-state index in [-0.39, 0.29) is 11.5 Å². The molecule has 0 aliphatic carbocycles. The zero-order chi connectivity index (χ0) is 24.0. The van der Waals surface area contributed by atoms with E-state index in [1.807, 2.05) is 13.8 Å². The number of nitrogens with zero attached hydrogens (tertiary/aromatic N) is 1. The minimum absolute atomic E-state index is 0.185. The number of rotatable bonds is 2. The number of H-pyrrole nitrogens is 1. The number of halogens is 1. The van der Waals surface area contributed by atoms with Crippen molar-refractivity contribution < 1.29 is 19.1 Å². The van der Waals surface area contributed by atoms with Crippen LogP contribution in [0.5, 0.6) is 0 Å².